The number of aromatic nitrogens is 1. The van der Waals surface area contributed by atoms with E-state index >= 15 is 0 Å². The molecule has 2 rings (SSSR count). The van der Waals surface area contributed by atoms with Crippen molar-refractivity contribution in [2.45, 2.75) is 32.4 Å². The molecule has 0 bridgehead atoms. The molecule has 1 aromatic carbocycles. The number of halogens is 3. The van der Waals surface area contributed by atoms with Crippen molar-refractivity contribution in [1.29, 1.82) is 0 Å². The molecule has 0 unspecified atom stereocenters. The number of hydrogen-bond acceptors (Lipinski definition) is 2. The summed E-state index contributed by atoms with van der Waals surface area (Å²) in [5, 5.41) is 9.48. The number of hydrogen-bond donors (Lipinski definition) is 1. The minimum atomic E-state index is -4.48. The molecule has 1 aromatic heterocycles. The van der Waals surface area contributed by atoms with Crippen LogP contribution in [0.25, 0.3) is 10.9 Å². The maximum Gasteiger partial charge on any atom is 0.416 e. The maximum absolute atomic E-state index is 12.9. The molecular formula is C15H14F3NO2. The normalized spacial score (nSPS) is 12.7. The Morgan fingerprint density at radius 2 is 1.81 bits per heavy atom. The van der Waals surface area contributed by atoms with Crippen molar-refractivity contribution in [3.8, 4) is 0 Å². The smallest absolute Gasteiger partial charge is 0.416 e. The fourth-order valence-corrected chi connectivity index (χ4v) is 2.34. The molecule has 0 fully saturated rings. The van der Waals surface area contributed by atoms with E-state index in [0.717, 1.165) is 12.1 Å². The largest absolute Gasteiger partial charge is 0.478 e. The summed E-state index contributed by atoms with van der Waals surface area (Å²) in [6, 6.07) is 3.18. The molecule has 1 N–H and O–H groups in total. The van der Waals surface area contributed by atoms with Gasteiger partial charge in [0.2, 0.25) is 0 Å². The van der Waals surface area contributed by atoms with E-state index in [1.807, 2.05) is 0 Å². The molecule has 0 spiro atoms. The predicted molar refractivity (Wildman–Crippen MR) is 72.4 cm³/mol. The van der Waals surface area contributed by atoms with Crippen LogP contribution in [-0.4, -0.2) is 16.1 Å². The number of fused-ring (bicyclic) bond motifs is 1. The van der Waals surface area contributed by atoms with Crippen molar-refractivity contribution in [2.24, 2.45) is 0 Å². The number of alkyl halides is 3. The zero-order chi connectivity index (χ0) is 16.0. The highest BCUT2D eigenvalue weighted by Gasteiger charge is 2.32. The van der Waals surface area contributed by atoms with E-state index in [9.17, 15) is 23.1 Å². The molecule has 0 amide bonds. The van der Waals surface area contributed by atoms with Gasteiger partial charge in [0.05, 0.1) is 16.6 Å². The molecule has 6 heteroatoms. The second-order valence-electron chi connectivity index (χ2n) is 5.83. The molecule has 21 heavy (non-hydrogen) atoms. The molecular weight excluding hydrogens is 283 g/mol. The van der Waals surface area contributed by atoms with Gasteiger partial charge in [0, 0.05) is 11.6 Å². The highest BCUT2D eigenvalue weighted by atomic mass is 19.4. The van der Waals surface area contributed by atoms with Gasteiger partial charge < -0.3 is 5.11 Å². The van der Waals surface area contributed by atoms with Gasteiger partial charge >= 0.3 is 12.1 Å². The Balaban J connectivity index is 2.90. The summed E-state index contributed by atoms with van der Waals surface area (Å²) < 4.78 is 38.6. The van der Waals surface area contributed by atoms with Crippen LogP contribution in [-0.2, 0) is 11.6 Å². The molecule has 0 radical (unpaired) electrons. The molecule has 2 aromatic rings. The molecule has 3 nitrogen and oxygen atoms in total. The van der Waals surface area contributed by atoms with Crippen molar-refractivity contribution in [3.63, 3.8) is 0 Å². The third-order valence-corrected chi connectivity index (χ3v) is 3.18. The second kappa shape index (κ2) is 4.72. The molecule has 0 aliphatic heterocycles. The number of nitrogens with zero attached hydrogens (tertiary/aromatic N) is 1. The molecule has 1 heterocycles. The predicted octanol–water partition coefficient (Wildman–Crippen LogP) is 4.25. The van der Waals surface area contributed by atoms with E-state index in [4.69, 9.17) is 0 Å². The first-order chi connectivity index (χ1) is 9.51. The molecule has 112 valence electrons. The number of benzene rings is 1. The minimum absolute atomic E-state index is 0.0747. The Morgan fingerprint density at radius 3 is 2.29 bits per heavy atom. The Hall–Kier alpha value is -2.11. The van der Waals surface area contributed by atoms with Gasteiger partial charge in [-0.25, -0.2) is 4.79 Å². The third-order valence-electron chi connectivity index (χ3n) is 3.18. The van der Waals surface area contributed by atoms with Gasteiger partial charge in [-0.3, -0.25) is 4.98 Å². The minimum Gasteiger partial charge on any atom is -0.478 e. The average molecular weight is 297 g/mol. The molecule has 0 atom stereocenters. The number of pyridine rings is 1. The summed E-state index contributed by atoms with van der Waals surface area (Å²) >= 11 is 0. The van der Waals surface area contributed by atoms with Crippen LogP contribution in [0, 0.1) is 0 Å². The lowest BCUT2D eigenvalue weighted by Gasteiger charge is -2.23. The highest BCUT2D eigenvalue weighted by Crippen LogP contribution is 2.36. The number of aromatic carboxylic acids is 1. The topological polar surface area (TPSA) is 50.2 Å². The Kier molecular flexibility index (Phi) is 3.43. The zero-order valence-corrected chi connectivity index (χ0v) is 11.7. The van der Waals surface area contributed by atoms with Crippen LogP contribution < -0.4 is 0 Å². The van der Waals surface area contributed by atoms with Gasteiger partial charge in [0.15, 0.2) is 0 Å². The third kappa shape index (κ3) is 2.84. The van der Waals surface area contributed by atoms with Crippen LogP contribution in [0.15, 0.2) is 24.4 Å². The summed E-state index contributed by atoms with van der Waals surface area (Å²) in [5.74, 6) is -1.20. The molecule has 0 saturated heterocycles. The number of carbonyl (C=O) groups is 1. The second-order valence-corrected chi connectivity index (χ2v) is 5.83. The van der Waals surface area contributed by atoms with E-state index in [1.54, 1.807) is 20.8 Å². The first kappa shape index (κ1) is 15.3. The van der Waals surface area contributed by atoms with Gasteiger partial charge in [-0.2, -0.15) is 13.2 Å². The monoisotopic (exact) mass is 297 g/mol. The lowest BCUT2D eigenvalue weighted by Crippen LogP contribution is -2.18. The van der Waals surface area contributed by atoms with E-state index in [-0.39, 0.29) is 10.9 Å². The van der Waals surface area contributed by atoms with Gasteiger partial charge in [0.1, 0.15) is 0 Å². The van der Waals surface area contributed by atoms with E-state index in [0.29, 0.717) is 11.1 Å². The van der Waals surface area contributed by atoms with Gasteiger partial charge in [-0.15, -0.1) is 0 Å². The number of carboxylic acids is 1. The standard InChI is InChI=1S/C15H14F3NO2/c1-14(2,3)12-9-6-8(15(16,17)18)4-5-11(9)19-7-10(12)13(20)21/h4-7H,1-3H3,(H,20,21). The van der Waals surface area contributed by atoms with E-state index < -0.39 is 23.1 Å². The fourth-order valence-electron chi connectivity index (χ4n) is 2.34. The molecule has 0 aliphatic carbocycles. The first-order valence-corrected chi connectivity index (χ1v) is 6.25. The van der Waals surface area contributed by atoms with Gasteiger partial charge in [-0.05, 0) is 29.2 Å². The fraction of sp³-hybridized carbons (Fsp3) is 0.333. The summed E-state index contributed by atoms with van der Waals surface area (Å²) in [4.78, 5) is 15.3. The van der Waals surface area contributed by atoms with Gasteiger partial charge in [0.25, 0.3) is 0 Å². The van der Waals surface area contributed by atoms with Crippen LogP contribution in [0.4, 0.5) is 13.2 Å². The Bertz CT molecular complexity index is 715. The molecule has 0 aliphatic rings. The maximum atomic E-state index is 12.9. The summed E-state index contributed by atoms with van der Waals surface area (Å²) in [5.41, 5.74) is -0.817. The number of carboxylic acid groups (broad SMARTS) is 1. The highest BCUT2D eigenvalue weighted by molar-refractivity contribution is 5.97. The SMILES string of the molecule is CC(C)(C)c1c(C(=O)O)cnc2ccc(C(F)(F)F)cc12. The lowest BCUT2D eigenvalue weighted by molar-refractivity contribution is -0.137. The van der Waals surface area contributed by atoms with E-state index in [1.165, 1.54) is 12.3 Å². The first-order valence-electron chi connectivity index (χ1n) is 6.25. The van der Waals surface area contributed by atoms with Crippen LogP contribution >= 0.6 is 0 Å². The quantitative estimate of drug-likeness (QED) is 0.856. The average Bonchev–Trinajstić information content (AvgIpc) is 2.34. The van der Waals surface area contributed by atoms with Crippen molar-refractivity contribution in [1.82, 2.24) is 4.98 Å². The summed E-state index contributed by atoms with van der Waals surface area (Å²) in [6.45, 7) is 5.28. The van der Waals surface area contributed by atoms with Crippen molar-refractivity contribution in [2.75, 3.05) is 0 Å². The van der Waals surface area contributed by atoms with Crippen LogP contribution in [0.1, 0.15) is 42.3 Å². The summed E-state index contributed by atoms with van der Waals surface area (Å²) in [7, 11) is 0. The number of rotatable bonds is 1. The van der Waals surface area contributed by atoms with Crippen LogP contribution in [0.5, 0.6) is 0 Å². The Labute approximate surface area is 119 Å². The Morgan fingerprint density at radius 1 is 1.19 bits per heavy atom. The van der Waals surface area contributed by atoms with Crippen LogP contribution in [0.2, 0.25) is 0 Å². The van der Waals surface area contributed by atoms with E-state index in [2.05, 4.69) is 4.98 Å². The van der Waals surface area contributed by atoms with Crippen LogP contribution in [0.3, 0.4) is 0 Å². The van der Waals surface area contributed by atoms with Crippen molar-refractivity contribution >= 4 is 16.9 Å². The molecule has 0 saturated carbocycles. The zero-order valence-electron chi connectivity index (χ0n) is 11.7. The lowest BCUT2D eigenvalue weighted by atomic mass is 9.81. The van der Waals surface area contributed by atoms with Crippen molar-refractivity contribution < 1.29 is 23.1 Å². The summed E-state index contributed by atoms with van der Waals surface area (Å²) in [6.07, 6.45) is -3.29. The van der Waals surface area contributed by atoms with Gasteiger partial charge in [-0.1, -0.05) is 20.8 Å². The van der Waals surface area contributed by atoms with Crippen molar-refractivity contribution in [3.05, 3.63) is 41.1 Å².